The van der Waals surface area contributed by atoms with E-state index in [1.807, 2.05) is 50.7 Å². The first kappa shape index (κ1) is 23.4. The third kappa shape index (κ3) is 4.52. The molecule has 2 unspecified atom stereocenters. The molecule has 0 aromatic carbocycles. The molecule has 11 nitrogen and oxygen atoms in total. The fourth-order valence-corrected chi connectivity index (χ4v) is 4.84. The Hall–Kier alpha value is -3.34. The SMILES string of the molecule is Cn1c(CNC(=O)C2CC(O)CN2C(=O)[C@@H](n2cc(C3CC3)nn2)C(C)(C)C)nc2cccnc21. The lowest BCUT2D eigenvalue weighted by Gasteiger charge is -2.34. The van der Waals surface area contributed by atoms with Crippen LogP contribution in [0.5, 0.6) is 0 Å². The Balaban J connectivity index is 1.34. The van der Waals surface area contributed by atoms with Crippen molar-refractivity contribution in [2.45, 2.75) is 70.7 Å². The van der Waals surface area contributed by atoms with Gasteiger partial charge >= 0.3 is 0 Å². The topological polar surface area (TPSA) is 131 Å². The van der Waals surface area contributed by atoms with Gasteiger partial charge in [-0.05, 0) is 30.4 Å². The van der Waals surface area contributed by atoms with Crippen LogP contribution in [-0.2, 0) is 23.2 Å². The fourth-order valence-electron chi connectivity index (χ4n) is 4.84. The number of hydrogen-bond acceptors (Lipinski definition) is 7. The van der Waals surface area contributed by atoms with E-state index in [4.69, 9.17) is 0 Å². The van der Waals surface area contributed by atoms with Crippen LogP contribution in [0.3, 0.4) is 0 Å². The van der Waals surface area contributed by atoms with Gasteiger partial charge in [0.2, 0.25) is 11.8 Å². The summed E-state index contributed by atoms with van der Waals surface area (Å²) in [5.74, 6) is 0.518. The summed E-state index contributed by atoms with van der Waals surface area (Å²) in [6, 6.07) is 2.26. The van der Waals surface area contributed by atoms with E-state index in [0.29, 0.717) is 11.7 Å². The van der Waals surface area contributed by atoms with Gasteiger partial charge in [-0.2, -0.15) is 0 Å². The molecule has 1 saturated heterocycles. The van der Waals surface area contributed by atoms with E-state index in [2.05, 4.69) is 25.6 Å². The lowest BCUT2D eigenvalue weighted by atomic mass is 9.85. The standard InChI is InChI=1S/C24H32N8O3/c1-24(2,3)20(32-13-17(28-29-32)14-7-8-14)23(35)31-12-15(33)10-18(31)22(34)26-11-19-27-16-6-5-9-25-21(16)30(19)4/h5-6,9,13-15,18,20,33H,7-8,10-12H2,1-4H3,(H,26,34)/t15?,18?,20-/m1/s1. The van der Waals surface area contributed by atoms with Crippen LogP contribution in [0.25, 0.3) is 11.2 Å². The zero-order chi connectivity index (χ0) is 24.9. The van der Waals surface area contributed by atoms with Gasteiger partial charge in [0.15, 0.2) is 5.65 Å². The van der Waals surface area contributed by atoms with Crippen LogP contribution in [0.15, 0.2) is 24.5 Å². The molecule has 2 aliphatic rings. The first-order chi connectivity index (χ1) is 16.6. The molecule has 1 aliphatic carbocycles. The predicted octanol–water partition coefficient (Wildman–Crippen LogP) is 1.30. The molecule has 2 N–H and O–H groups in total. The number of aliphatic hydroxyl groups excluding tert-OH is 1. The Labute approximate surface area is 203 Å². The second-order valence-corrected chi connectivity index (χ2v) is 10.7. The van der Waals surface area contributed by atoms with Crippen LogP contribution in [0, 0.1) is 5.41 Å². The lowest BCUT2D eigenvalue weighted by Crippen LogP contribution is -2.50. The fraction of sp³-hybridized carbons (Fsp3) is 0.583. The molecule has 5 rings (SSSR count). The molecule has 1 aliphatic heterocycles. The molecule has 3 atom stereocenters. The van der Waals surface area contributed by atoms with Crippen LogP contribution in [0.2, 0.25) is 0 Å². The second-order valence-electron chi connectivity index (χ2n) is 10.7. The largest absolute Gasteiger partial charge is 0.391 e. The molecule has 2 amide bonds. The third-order valence-electron chi connectivity index (χ3n) is 6.85. The van der Waals surface area contributed by atoms with Crippen molar-refractivity contribution in [3.05, 3.63) is 36.0 Å². The minimum Gasteiger partial charge on any atom is -0.391 e. The number of carbonyl (C=O) groups is 2. The zero-order valence-corrected chi connectivity index (χ0v) is 20.5. The highest BCUT2D eigenvalue weighted by Crippen LogP contribution is 2.40. The summed E-state index contributed by atoms with van der Waals surface area (Å²) in [6.07, 6.45) is 5.15. The molecule has 0 bridgehead atoms. The summed E-state index contributed by atoms with van der Waals surface area (Å²) in [6.45, 7) is 6.20. The maximum atomic E-state index is 13.8. The third-order valence-corrected chi connectivity index (χ3v) is 6.85. The molecule has 186 valence electrons. The van der Waals surface area contributed by atoms with Gasteiger partial charge in [0, 0.05) is 38.3 Å². The molecule has 0 spiro atoms. The number of amides is 2. The number of rotatable bonds is 6. The molecule has 3 aromatic rings. The van der Waals surface area contributed by atoms with E-state index in [1.54, 1.807) is 10.9 Å². The number of aryl methyl sites for hydroxylation is 1. The van der Waals surface area contributed by atoms with Crippen molar-refractivity contribution in [2.24, 2.45) is 12.5 Å². The minimum atomic E-state index is -0.776. The summed E-state index contributed by atoms with van der Waals surface area (Å²) >= 11 is 0. The normalized spacial score (nSPS) is 21.5. The van der Waals surface area contributed by atoms with Gasteiger partial charge < -0.3 is 19.9 Å². The molecule has 11 heteroatoms. The number of carbonyl (C=O) groups excluding carboxylic acids is 2. The van der Waals surface area contributed by atoms with E-state index < -0.39 is 23.6 Å². The highest BCUT2D eigenvalue weighted by Gasteiger charge is 2.45. The van der Waals surface area contributed by atoms with E-state index in [-0.39, 0.29) is 31.3 Å². The van der Waals surface area contributed by atoms with Gasteiger partial charge in [0.1, 0.15) is 23.4 Å². The summed E-state index contributed by atoms with van der Waals surface area (Å²) < 4.78 is 3.46. The second kappa shape index (κ2) is 8.71. The summed E-state index contributed by atoms with van der Waals surface area (Å²) in [5.41, 5.74) is 1.91. The zero-order valence-electron chi connectivity index (χ0n) is 20.5. The number of hydrogen-bond donors (Lipinski definition) is 2. The molecule has 0 radical (unpaired) electrons. The number of nitrogens with one attached hydrogen (secondary N) is 1. The average molecular weight is 481 g/mol. The number of aliphatic hydroxyl groups is 1. The quantitative estimate of drug-likeness (QED) is 0.544. The molecular formula is C24H32N8O3. The first-order valence-corrected chi connectivity index (χ1v) is 12.1. The Bertz CT molecular complexity index is 1260. The van der Waals surface area contributed by atoms with Crippen molar-refractivity contribution in [2.75, 3.05) is 6.54 Å². The van der Waals surface area contributed by atoms with Crippen LogP contribution < -0.4 is 5.32 Å². The van der Waals surface area contributed by atoms with Crippen LogP contribution in [-0.4, -0.2) is 70.0 Å². The Kier molecular flexibility index (Phi) is 5.82. The van der Waals surface area contributed by atoms with E-state index in [0.717, 1.165) is 29.7 Å². The number of nitrogens with zero attached hydrogens (tertiary/aromatic N) is 7. The molecule has 35 heavy (non-hydrogen) atoms. The van der Waals surface area contributed by atoms with Crippen molar-refractivity contribution in [3.63, 3.8) is 0 Å². The molecule has 2 fully saturated rings. The van der Waals surface area contributed by atoms with E-state index in [9.17, 15) is 14.7 Å². The van der Waals surface area contributed by atoms with Gasteiger partial charge in [0.25, 0.3) is 0 Å². The van der Waals surface area contributed by atoms with Crippen molar-refractivity contribution in [1.82, 2.24) is 39.7 Å². The number of β-amino-alcohol motifs (C(OH)–C–C–N with tert-alkyl or cyclic N) is 1. The molecule has 1 saturated carbocycles. The van der Waals surface area contributed by atoms with E-state index >= 15 is 0 Å². The maximum Gasteiger partial charge on any atom is 0.248 e. The van der Waals surface area contributed by atoms with Crippen molar-refractivity contribution in [1.29, 1.82) is 0 Å². The van der Waals surface area contributed by atoms with E-state index in [1.165, 1.54) is 4.90 Å². The monoisotopic (exact) mass is 480 g/mol. The number of imidazole rings is 1. The van der Waals surface area contributed by atoms with Gasteiger partial charge in [0.05, 0.1) is 18.3 Å². The van der Waals surface area contributed by atoms with Crippen molar-refractivity contribution in [3.8, 4) is 0 Å². The number of pyridine rings is 1. The molecular weight excluding hydrogens is 448 g/mol. The smallest absolute Gasteiger partial charge is 0.248 e. The summed E-state index contributed by atoms with van der Waals surface area (Å²) in [7, 11) is 1.85. The molecule has 3 aromatic heterocycles. The highest BCUT2D eigenvalue weighted by molar-refractivity contribution is 5.90. The lowest BCUT2D eigenvalue weighted by molar-refractivity contribution is -0.144. The van der Waals surface area contributed by atoms with Crippen molar-refractivity contribution < 1.29 is 14.7 Å². The summed E-state index contributed by atoms with van der Waals surface area (Å²) in [4.78, 5) is 37.4. The summed E-state index contributed by atoms with van der Waals surface area (Å²) in [5, 5.41) is 21.9. The number of aromatic nitrogens is 6. The van der Waals surface area contributed by atoms with Crippen LogP contribution >= 0.6 is 0 Å². The number of likely N-dealkylation sites (tertiary alicyclic amines) is 1. The minimum absolute atomic E-state index is 0.101. The van der Waals surface area contributed by atoms with Crippen molar-refractivity contribution >= 4 is 23.0 Å². The Morgan fingerprint density at radius 3 is 2.74 bits per heavy atom. The van der Waals surface area contributed by atoms with Crippen LogP contribution in [0.1, 0.15) is 63.5 Å². The van der Waals surface area contributed by atoms with Crippen LogP contribution in [0.4, 0.5) is 0 Å². The highest BCUT2D eigenvalue weighted by atomic mass is 16.3. The van der Waals surface area contributed by atoms with Gasteiger partial charge in [-0.25, -0.2) is 14.6 Å². The number of fused-ring (bicyclic) bond motifs is 1. The van der Waals surface area contributed by atoms with Gasteiger partial charge in [-0.1, -0.05) is 26.0 Å². The predicted molar refractivity (Wildman–Crippen MR) is 127 cm³/mol. The first-order valence-electron chi connectivity index (χ1n) is 12.1. The Morgan fingerprint density at radius 1 is 1.29 bits per heavy atom. The molecule has 4 heterocycles. The van der Waals surface area contributed by atoms with Gasteiger partial charge in [-0.3, -0.25) is 9.59 Å². The average Bonchev–Trinajstić information content (AvgIpc) is 3.27. The Morgan fingerprint density at radius 2 is 2.06 bits per heavy atom. The maximum absolute atomic E-state index is 13.8. The van der Waals surface area contributed by atoms with Gasteiger partial charge in [-0.15, -0.1) is 5.10 Å².